The average molecular weight is 397 g/mol. The van der Waals surface area contributed by atoms with Gasteiger partial charge in [-0.05, 0) is 55.5 Å². The molecular weight excluding hydrogens is 378 g/mol. The lowest BCUT2D eigenvalue weighted by Gasteiger charge is -2.08. The Hall–Kier alpha value is -4.37. The highest BCUT2D eigenvalue weighted by Crippen LogP contribution is 2.22. The second-order valence-electron chi connectivity index (χ2n) is 6.34. The quantitative estimate of drug-likeness (QED) is 0.327. The van der Waals surface area contributed by atoms with E-state index in [2.05, 4.69) is 10.6 Å². The zero-order valence-corrected chi connectivity index (χ0v) is 16.3. The van der Waals surface area contributed by atoms with E-state index in [4.69, 9.17) is 4.74 Å². The van der Waals surface area contributed by atoms with Crippen LogP contribution in [-0.4, -0.2) is 11.7 Å². The standard InChI is InChI=1S/C24H19N3O3/c1-17(28)18-6-5-7-21(14-18)26-16-19(15-25)24(29)27-20-10-12-23(13-11-20)30-22-8-3-2-4-9-22/h2-14,16,26H,1H3,(H,27,29)/b19-16-. The van der Waals surface area contributed by atoms with E-state index < -0.39 is 5.91 Å². The fourth-order valence-electron chi connectivity index (χ4n) is 2.56. The van der Waals surface area contributed by atoms with Crippen LogP contribution in [0.3, 0.4) is 0 Å². The van der Waals surface area contributed by atoms with E-state index in [-0.39, 0.29) is 11.4 Å². The monoisotopic (exact) mass is 397 g/mol. The van der Waals surface area contributed by atoms with Crippen LogP contribution >= 0.6 is 0 Å². The minimum atomic E-state index is -0.551. The molecule has 0 fully saturated rings. The number of Topliss-reactive ketones (excluding diaryl/α,β-unsaturated/α-hetero) is 1. The number of amides is 1. The summed E-state index contributed by atoms with van der Waals surface area (Å²) in [6, 6.07) is 24.9. The Morgan fingerprint density at radius 2 is 1.60 bits per heavy atom. The summed E-state index contributed by atoms with van der Waals surface area (Å²) in [5.74, 6) is 0.719. The molecule has 0 aliphatic carbocycles. The van der Waals surface area contributed by atoms with E-state index in [0.717, 1.165) is 0 Å². The van der Waals surface area contributed by atoms with Crippen molar-refractivity contribution in [1.82, 2.24) is 0 Å². The van der Waals surface area contributed by atoms with Gasteiger partial charge in [-0.3, -0.25) is 9.59 Å². The van der Waals surface area contributed by atoms with Gasteiger partial charge in [-0.15, -0.1) is 0 Å². The smallest absolute Gasteiger partial charge is 0.267 e. The molecule has 0 atom stereocenters. The third-order valence-corrected chi connectivity index (χ3v) is 4.11. The van der Waals surface area contributed by atoms with Crippen molar-refractivity contribution in [1.29, 1.82) is 5.26 Å². The number of nitriles is 1. The Labute approximate surface area is 174 Å². The number of ketones is 1. The van der Waals surface area contributed by atoms with Crippen LogP contribution in [0.4, 0.5) is 11.4 Å². The molecule has 3 aromatic rings. The lowest BCUT2D eigenvalue weighted by molar-refractivity contribution is -0.112. The van der Waals surface area contributed by atoms with E-state index >= 15 is 0 Å². The summed E-state index contributed by atoms with van der Waals surface area (Å²) in [4.78, 5) is 23.8. The molecule has 0 bridgehead atoms. The first-order chi connectivity index (χ1) is 14.5. The molecule has 6 nitrogen and oxygen atoms in total. The molecule has 148 valence electrons. The first-order valence-corrected chi connectivity index (χ1v) is 9.17. The Morgan fingerprint density at radius 3 is 2.27 bits per heavy atom. The van der Waals surface area contributed by atoms with Gasteiger partial charge in [0.05, 0.1) is 0 Å². The third-order valence-electron chi connectivity index (χ3n) is 4.11. The highest BCUT2D eigenvalue weighted by atomic mass is 16.5. The summed E-state index contributed by atoms with van der Waals surface area (Å²) in [5, 5.41) is 14.9. The van der Waals surface area contributed by atoms with Crippen LogP contribution in [0.5, 0.6) is 11.5 Å². The van der Waals surface area contributed by atoms with Gasteiger partial charge in [0.1, 0.15) is 23.1 Å². The van der Waals surface area contributed by atoms with E-state index in [1.165, 1.54) is 13.1 Å². The molecule has 0 radical (unpaired) electrons. The maximum atomic E-state index is 12.4. The number of nitrogens with one attached hydrogen (secondary N) is 2. The minimum Gasteiger partial charge on any atom is -0.457 e. The number of carbonyl (C=O) groups is 2. The van der Waals surface area contributed by atoms with Crippen molar-refractivity contribution >= 4 is 23.1 Å². The first-order valence-electron chi connectivity index (χ1n) is 9.17. The number of benzene rings is 3. The van der Waals surface area contributed by atoms with Gasteiger partial charge in [0.2, 0.25) is 0 Å². The molecule has 0 saturated heterocycles. The minimum absolute atomic E-state index is 0.0689. The topological polar surface area (TPSA) is 91.2 Å². The van der Waals surface area contributed by atoms with Crippen molar-refractivity contribution in [3.05, 3.63) is 96.2 Å². The van der Waals surface area contributed by atoms with E-state index in [1.54, 1.807) is 48.5 Å². The van der Waals surface area contributed by atoms with E-state index in [0.29, 0.717) is 28.4 Å². The maximum absolute atomic E-state index is 12.4. The summed E-state index contributed by atoms with van der Waals surface area (Å²) in [6.07, 6.45) is 1.31. The summed E-state index contributed by atoms with van der Waals surface area (Å²) in [5.41, 5.74) is 1.56. The predicted molar refractivity (Wildman–Crippen MR) is 115 cm³/mol. The average Bonchev–Trinajstić information content (AvgIpc) is 2.76. The zero-order chi connectivity index (χ0) is 21.3. The van der Waals surface area contributed by atoms with Crippen molar-refractivity contribution in [3.63, 3.8) is 0 Å². The number of hydrogen-bond acceptors (Lipinski definition) is 5. The molecule has 0 heterocycles. The third kappa shape index (κ3) is 5.57. The normalized spacial score (nSPS) is 10.6. The number of para-hydroxylation sites is 1. The first kappa shape index (κ1) is 20.4. The molecule has 1 amide bonds. The number of ether oxygens (including phenoxy) is 1. The highest BCUT2D eigenvalue weighted by molar-refractivity contribution is 6.06. The van der Waals surface area contributed by atoms with E-state index in [9.17, 15) is 14.9 Å². The number of rotatable bonds is 7. The fourth-order valence-corrected chi connectivity index (χ4v) is 2.56. The molecule has 0 spiro atoms. The van der Waals surface area contributed by atoms with Gasteiger partial charge < -0.3 is 15.4 Å². The van der Waals surface area contributed by atoms with Crippen molar-refractivity contribution < 1.29 is 14.3 Å². The summed E-state index contributed by atoms with van der Waals surface area (Å²) < 4.78 is 5.71. The number of nitrogens with zero attached hydrogens (tertiary/aromatic N) is 1. The molecule has 2 N–H and O–H groups in total. The Morgan fingerprint density at radius 1 is 0.900 bits per heavy atom. The molecule has 0 aliphatic heterocycles. The van der Waals surface area contributed by atoms with Gasteiger partial charge in [-0.1, -0.05) is 30.3 Å². The molecule has 6 heteroatoms. The van der Waals surface area contributed by atoms with Crippen LogP contribution in [0.15, 0.2) is 90.6 Å². The molecule has 3 rings (SSSR count). The number of carbonyl (C=O) groups excluding carboxylic acids is 2. The predicted octanol–water partition coefficient (Wildman–Crippen LogP) is 5.14. The van der Waals surface area contributed by atoms with Crippen LogP contribution in [0.25, 0.3) is 0 Å². The molecule has 30 heavy (non-hydrogen) atoms. The van der Waals surface area contributed by atoms with Crippen LogP contribution < -0.4 is 15.4 Å². The van der Waals surface area contributed by atoms with Crippen LogP contribution in [0.1, 0.15) is 17.3 Å². The van der Waals surface area contributed by atoms with Crippen LogP contribution in [0.2, 0.25) is 0 Å². The lowest BCUT2D eigenvalue weighted by atomic mass is 10.1. The Kier molecular flexibility index (Phi) is 6.59. The van der Waals surface area contributed by atoms with Crippen molar-refractivity contribution in [2.24, 2.45) is 0 Å². The second-order valence-corrected chi connectivity index (χ2v) is 6.34. The fraction of sp³-hybridized carbons (Fsp3) is 0.0417. The summed E-state index contributed by atoms with van der Waals surface area (Å²) in [6.45, 7) is 1.47. The molecule has 0 aromatic heterocycles. The molecule has 0 saturated carbocycles. The number of anilines is 2. The van der Waals surface area contributed by atoms with Crippen molar-refractivity contribution in [3.8, 4) is 17.6 Å². The largest absolute Gasteiger partial charge is 0.457 e. The highest BCUT2D eigenvalue weighted by Gasteiger charge is 2.10. The lowest BCUT2D eigenvalue weighted by Crippen LogP contribution is -2.14. The van der Waals surface area contributed by atoms with Crippen molar-refractivity contribution in [2.45, 2.75) is 6.92 Å². The van der Waals surface area contributed by atoms with Gasteiger partial charge in [0, 0.05) is 23.1 Å². The molecule has 0 unspecified atom stereocenters. The summed E-state index contributed by atoms with van der Waals surface area (Å²) >= 11 is 0. The Balaban J connectivity index is 1.63. The van der Waals surface area contributed by atoms with Gasteiger partial charge in [0.25, 0.3) is 5.91 Å². The van der Waals surface area contributed by atoms with Gasteiger partial charge >= 0.3 is 0 Å². The SMILES string of the molecule is CC(=O)c1cccc(N/C=C(/C#N)C(=O)Nc2ccc(Oc3ccccc3)cc2)c1. The molecule has 3 aromatic carbocycles. The van der Waals surface area contributed by atoms with Gasteiger partial charge in [0.15, 0.2) is 5.78 Å². The van der Waals surface area contributed by atoms with Crippen molar-refractivity contribution in [2.75, 3.05) is 10.6 Å². The second kappa shape index (κ2) is 9.71. The van der Waals surface area contributed by atoms with E-state index in [1.807, 2.05) is 36.4 Å². The Bertz CT molecular complexity index is 1110. The van der Waals surface area contributed by atoms with Gasteiger partial charge in [-0.25, -0.2) is 0 Å². The maximum Gasteiger partial charge on any atom is 0.267 e. The van der Waals surface area contributed by atoms with Gasteiger partial charge in [-0.2, -0.15) is 5.26 Å². The molecular formula is C24H19N3O3. The summed E-state index contributed by atoms with van der Waals surface area (Å²) in [7, 11) is 0. The van der Waals surface area contributed by atoms with Crippen LogP contribution in [-0.2, 0) is 4.79 Å². The molecule has 0 aliphatic rings. The van der Waals surface area contributed by atoms with Crippen LogP contribution in [0, 0.1) is 11.3 Å². The number of hydrogen-bond donors (Lipinski definition) is 2. The zero-order valence-electron chi connectivity index (χ0n) is 16.3.